The first-order valence-corrected chi connectivity index (χ1v) is 11.5. The van der Waals surface area contributed by atoms with Crippen molar-refractivity contribution in [3.8, 4) is 0 Å². The van der Waals surface area contributed by atoms with Gasteiger partial charge >= 0.3 is 0 Å². The van der Waals surface area contributed by atoms with Crippen molar-refractivity contribution in [2.24, 2.45) is 0 Å². The van der Waals surface area contributed by atoms with Crippen LogP contribution in [0.1, 0.15) is 18.4 Å². The van der Waals surface area contributed by atoms with Gasteiger partial charge in [0.1, 0.15) is 12.4 Å². The molecule has 3 aromatic rings. The maximum atomic E-state index is 13.6. The fourth-order valence-corrected chi connectivity index (χ4v) is 4.64. The molecule has 8 heteroatoms. The molecule has 3 aromatic carbocycles. The van der Waals surface area contributed by atoms with E-state index in [1.54, 1.807) is 18.2 Å². The molecule has 0 saturated heterocycles. The number of hydrogen-bond acceptors (Lipinski definition) is 3. The number of rotatable bonds is 8. The number of hydrogen-bond donors (Lipinski definition) is 1. The second-order valence-electron chi connectivity index (χ2n) is 7.04. The number of nitrogens with one attached hydrogen (secondary N) is 1. The van der Waals surface area contributed by atoms with Crippen LogP contribution in [0.15, 0.2) is 83.8 Å². The minimum atomic E-state index is -4.08. The molecule has 0 spiro atoms. The maximum absolute atomic E-state index is 13.6. The zero-order valence-corrected chi connectivity index (χ0v) is 18.4. The predicted molar refractivity (Wildman–Crippen MR) is 120 cm³/mol. The Morgan fingerprint density at radius 1 is 1.03 bits per heavy atom. The van der Waals surface area contributed by atoms with E-state index in [9.17, 15) is 17.6 Å². The van der Waals surface area contributed by atoms with E-state index >= 15 is 0 Å². The molecule has 0 aliphatic carbocycles. The standard InChI is InChI=1S/C23H22ClFN2O3S/c1-17(18-8-4-2-5-9-18)15-26-23(28)16-27(19-12-13-22(25)21(24)14-19)31(29,30)20-10-6-3-7-11-20/h2-14,17H,15-16H2,1H3,(H,26,28)/t17-/m0/s1. The van der Waals surface area contributed by atoms with Crippen LogP contribution in [0.4, 0.5) is 10.1 Å². The Balaban J connectivity index is 1.83. The lowest BCUT2D eigenvalue weighted by molar-refractivity contribution is -0.119. The molecule has 162 valence electrons. The van der Waals surface area contributed by atoms with Crippen LogP contribution in [0.25, 0.3) is 0 Å². The molecule has 0 radical (unpaired) electrons. The van der Waals surface area contributed by atoms with E-state index in [1.165, 1.54) is 24.3 Å². The molecule has 0 bridgehead atoms. The van der Waals surface area contributed by atoms with Crippen molar-refractivity contribution in [3.63, 3.8) is 0 Å². The van der Waals surface area contributed by atoms with E-state index in [2.05, 4.69) is 5.32 Å². The Hall–Kier alpha value is -2.90. The van der Waals surface area contributed by atoms with Crippen molar-refractivity contribution in [2.45, 2.75) is 17.7 Å². The largest absolute Gasteiger partial charge is 0.354 e. The number of anilines is 1. The van der Waals surface area contributed by atoms with E-state index < -0.39 is 28.3 Å². The van der Waals surface area contributed by atoms with Gasteiger partial charge in [-0.1, -0.05) is 67.1 Å². The van der Waals surface area contributed by atoms with Crippen molar-refractivity contribution in [3.05, 3.63) is 95.3 Å². The summed E-state index contributed by atoms with van der Waals surface area (Å²) in [5.74, 6) is -1.11. The van der Waals surface area contributed by atoms with Crippen molar-refractivity contribution in [1.29, 1.82) is 0 Å². The van der Waals surface area contributed by atoms with Crippen LogP contribution in [0.2, 0.25) is 5.02 Å². The van der Waals surface area contributed by atoms with Crippen LogP contribution in [-0.2, 0) is 14.8 Å². The molecule has 3 rings (SSSR count). The molecule has 0 heterocycles. The number of sulfonamides is 1. The highest BCUT2D eigenvalue weighted by atomic mass is 35.5. The molecule has 1 N–H and O–H groups in total. The Bertz CT molecular complexity index is 1140. The summed E-state index contributed by atoms with van der Waals surface area (Å²) in [6.07, 6.45) is 0. The lowest BCUT2D eigenvalue weighted by Gasteiger charge is -2.24. The number of halogens is 2. The van der Waals surface area contributed by atoms with Gasteiger partial charge < -0.3 is 5.32 Å². The first-order valence-electron chi connectivity index (χ1n) is 9.63. The Morgan fingerprint density at radius 2 is 1.65 bits per heavy atom. The van der Waals surface area contributed by atoms with E-state index in [-0.39, 0.29) is 21.5 Å². The summed E-state index contributed by atoms with van der Waals surface area (Å²) in [6, 6.07) is 20.9. The van der Waals surface area contributed by atoms with Crippen molar-refractivity contribution < 1.29 is 17.6 Å². The molecule has 0 aliphatic heterocycles. The van der Waals surface area contributed by atoms with Gasteiger partial charge in [-0.3, -0.25) is 9.10 Å². The SMILES string of the molecule is C[C@@H](CNC(=O)CN(c1ccc(F)c(Cl)c1)S(=O)(=O)c1ccccc1)c1ccccc1. The quantitative estimate of drug-likeness (QED) is 0.534. The van der Waals surface area contributed by atoms with Gasteiger partial charge in [0.25, 0.3) is 10.0 Å². The van der Waals surface area contributed by atoms with Gasteiger partial charge in [0.2, 0.25) is 5.91 Å². The molecular formula is C23H22ClFN2O3S. The van der Waals surface area contributed by atoms with Crippen LogP contribution < -0.4 is 9.62 Å². The normalized spacial score (nSPS) is 12.2. The molecular weight excluding hydrogens is 439 g/mol. The van der Waals surface area contributed by atoms with Crippen LogP contribution in [0, 0.1) is 5.82 Å². The third-order valence-corrected chi connectivity index (χ3v) is 6.86. The smallest absolute Gasteiger partial charge is 0.264 e. The highest BCUT2D eigenvalue weighted by Crippen LogP contribution is 2.27. The Kier molecular flexibility index (Phi) is 7.30. The van der Waals surface area contributed by atoms with Gasteiger partial charge in [-0.05, 0) is 41.8 Å². The van der Waals surface area contributed by atoms with Gasteiger partial charge in [-0.25, -0.2) is 12.8 Å². The average Bonchev–Trinajstić information content (AvgIpc) is 2.79. The van der Waals surface area contributed by atoms with Crippen LogP contribution in [0.5, 0.6) is 0 Å². The topological polar surface area (TPSA) is 66.5 Å². The summed E-state index contributed by atoms with van der Waals surface area (Å²) in [4.78, 5) is 12.7. The summed E-state index contributed by atoms with van der Waals surface area (Å²) < 4.78 is 41.0. The molecule has 1 atom stereocenters. The predicted octanol–water partition coefficient (Wildman–Crippen LogP) is 4.59. The average molecular weight is 461 g/mol. The second-order valence-corrected chi connectivity index (χ2v) is 9.31. The molecule has 0 aliphatic rings. The molecule has 0 unspecified atom stereocenters. The summed E-state index contributed by atoms with van der Waals surface area (Å²) >= 11 is 5.86. The fraction of sp³-hybridized carbons (Fsp3) is 0.174. The molecule has 0 saturated carbocycles. The summed E-state index contributed by atoms with van der Waals surface area (Å²) in [7, 11) is -4.08. The molecule has 0 aromatic heterocycles. The summed E-state index contributed by atoms with van der Waals surface area (Å²) in [6.45, 7) is 1.83. The summed E-state index contributed by atoms with van der Waals surface area (Å²) in [5.41, 5.74) is 1.16. The van der Waals surface area contributed by atoms with Crippen molar-refractivity contribution in [1.82, 2.24) is 5.32 Å². The van der Waals surface area contributed by atoms with Gasteiger partial charge in [-0.2, -0.15) is 0 Å². The molecule has 1 amide bonds. The molecule has 31 heavy (non-hydrogen) atoms. The monoisotopic (exact) mass is 460 g/mol. The lowest BCUT2D eigenvalue weighted by atomic mass is 10.0. The van der Waals surface area contributed by atoms with Crippen molar-refractivity contribution in [2.75, 3.05) is 17.4 Å². The maximum Gasteiger partial charge on any atom is 0.264 e. The van der Waals surface area contributed by atoms with Gasteiger partial charge in [0.05, 0.1) is 15.6 Å². The zero-order chi connectivity index (χ0) is 22.4. The van der Waals surface area contributed by atoms with E-state index in [1.807, 2.05) is 37.3 Å². The van der Waals surface area contributed by atoms with Crippen LogP contribution in [0.3, 0.4) is 0 Å². The third kappa shape index (κ3) is 5.62. The minimum Gasteiger partial charge on any atom is -0.354 e. The number of benzene rings is 3. The fourth-order valence-electron chi connectivity index (χ4n) is 3.03. The van der Waals surface area contributed by atoms with Crippen LogP contribution in [-0.4, -0.2) is 27.4 Å². The highest BCUT2D eigenvalue weighted by Gasteiger charge is 2.27. The van der Waals surface area contributed by atoms with Gasteiger partial charge in [0.15, 0.2) is 0 Å². The number of carbonyl (C=O) groups excluding carboxylic acids is 1. The number of nitrogens with zero attached hydrogens (tertiary/aromatic N) is 1. The minimum absolute atomic E-state index is 0.0147. The first-order chi connectivity index (χ1) is 14.8. The lowest BCUT2D eigenvalue weighted by Crippen LogP contribution is -2.41. The Morgan fingerprint density at radius 3 is 2.26 bits per heavy atom. The zero-order valence-electron chi connectivity index (χ0n) is 16.8. The summed E-state index contributed by atoms with van der Waals surface area (Å²) in [5, 5.41) is 2.55. The highest BCUT2D eigenvalue weighted by molar-refractivity contribution is 7.92. The second kappa shape index (κ2) is 9.94. The number of amides is 1. The van der Waals surface area contributed by atoms with E-state index in [0.29, 0.717) is 6.54 Å². The van der Waals surface area contributed by atoms with E-state index in [4.69, 9.17) is 11.6 Å². The number of carbonyl (C=O) groups is 1. The van der Waals surface area contributed by atoms with Gasteiger partial charge in [0, 0.05) is 6.54 Å². The first kappa shape index (κ1) is 22.8. The van der Waals surface area contributed by atoms with E-state index in [0.717, 1.165) is 15.9 Å². The molecule has 0 fully saturated rings. The van der Waals surface area contributed by atoms with Crippen molar-refractivity contribution >= 4 is 33.2 Å². The Labute approximate surface area is 186 Å². The van der Waals surface area contributed by atoms with Gasteiger partial charge in [-0.15, -0.1) is 0 Å². The third-order valence-electron chi connectivity index (χ3n) is 4.78. The molecule has 5 nitrogen and oxygen atoms in total. The van der Waals surface area contributed by atoms with Crippen LogP contribution >= 0.6 is 11.6 Å².